The van der Waals surface area contributed by atoms with Crippen LogP contribution in [0.4, 0.5) is 0 Å². The Kier molecular flexibility index (Phi) is 5.04. The highest BCUT2D eigenvalue weighted by molar-refractivity contribution is 7.09. The molecule has 2 nitrogen and oxygen atoms in total. The minimum atomic E-state index is 0.512. The van der Waals surface area contributed by atoms with Crippen molar-refractivity contribution in [3.8, 4) is 0 Å². The van der Waals surface area contributed by atoms with Crippen LogP contribution in [0.2, 0.25) is 0 Å². The van der Waals surface area contributed by atoms with E-state index >= 15 is 0 Å². The summed E-state index contributed by atoms with van der Waals surface area (Å²) in [6.07, 6.45) is 8.00. The lowest BCUT2D eigenvalue weighted by atomic mass is 9.78. The third-order valence-corrected chi connectivity index (χ3v) is 5.24. The van der Waals surface area contributed by atoms with Gasteiger partial charge in [0.15, 0.2) is 0 Å². The highest BCUT2D eigenvalue weighted by Gasteiger charge is 2.27. The summed E-state index contributed by atoms with van der Waals surface area (Å²) in [5.74, 6) is 0.630. The van der Waals surface area contributed by atoms with Crippen molar-refractivity contribution in [1.29, 1.82) is 0 Å². The van der Waals surface area contributed by atoms with Crippen molar-refractivity contribution in [3.63, 3.8) is 0 Å². The predicted octanol–water partition coefficient (Wildman–Crippen LogP) is 4.17. The van der Waals surface area contributed by atoms with E-state index in [-0.39, 0.29) is 0 Å². The Bertz CT molecular complexity index is 550. The Morgan fingerprint density at radius 1 is 1.38 bits per heavy atom. The fourth-order valence-electron chi connectivity index (χ4n) is 3.44. The van der Waals surface area contributed by atoms with E-state index in [1.54, 1.807) is 22.5 Å². The number of fused-ring (bicyclic) bond motifs is 1. The summed E-state index contributed by atoms with van der Waals surface area (Å²) in [6, 6.07) is 9.52. The first-order chi connectivity index (χ1) is 10.4. The van der Waals surface area contributed by atoms with Gasteiger partial charge in [0.25, 0.3) is 0 Å². The van der Waals surface area contributed by atoms with Crippen molar-refractivity contribution >= 4 is 11.3 Å². The topological polar surface area (TPSA) is 24.9 Å². The van der Waals surface area contributed by atoms with Crippen LogP contribution in [0.15, 0.2) is 35.8 Å². The van der Waals surface area contributed by atoms with Gasteiger partial charge in [-0.2, -0.15) is 0 Å². The number of rotatable bonds is 6. The van der Waals surface area contributed by atoms with Crippen LogP contribution in [-0.4, -0.2) is 17.6 Å². The molecule has 0 radical (unpaired) electrons. The molecule has 0 fully saturated rings. The fourth-order valence-corrected chi connectivity index (χ4v) is 4.11. The minimum Gasteiger partial charge on any atom is -0.313 e. The second kappa shape index (κ2) is 7.19. The summed E-state index contributed by atoms with van der Waals surface area (Å²) in [5, 5.41) is 7.13. The van der Waals surface area contributed by atoms with Gasteiger partial charge in [-0.05, 0) is 49.3 Å². The molecule has 2 aromatic rings. The molecule has 2 atom stereocenters. The summed E-state index contributed by atoms with van der Waals surface area (Å²) in [4.78, 5) is 4.49. The van der Waals surface area contributed by atoms with Crippen LogP contribution in [0.1, 0.15) is 48.2 Å². The maximum Gasteiger partial charge on any atom is 0.0940 e. The van der Waals surface area contributed by atoms with Crippen LogP contribution in [0.5, 0.6) is 0 Å². The van der Waals surface area contributed by atoms with Crippen molar-refractivity contribution in [2.24, 2.45) is 0 Å². The molecule has 0 saturated heterocycles. The van der Waals surface area contributed by atoms with Crippen LogP contribution in [0, 0.1) is 0 Å². The van der Waals surface area contributed by atoms with Crippen molar-refractivity contribution < 1.29 is 0 Å². The Morgan fingerprint density at radius 2 is 2.29 bits per heavy atom. The van der Waals surface area contributed by atoms with E-state index < -0.39 is 0 Å². The van der Waals surface area contributed by atoms with Crippen molar-refractivity contribution in [2.75, 3.05) is 6.54 Å². The highest BCUT2D eigenvalue weighted by atomic mass is 32.1. The van der Waals surface area contributed by atoms with Gasteiger partial charge in [0.1, 0.15) is 0 Å². The lowest BCUT2D eigenvalue weighted by molar-refractivity contribution is 0.389. The highest BCUT2D eigenvalue weighted by Crippen LogP contribution is 2.35. The number of aromatic nitrogens is 1. The number of aryl methyl sites for hydroxylation is 1. The minimum absolute atomic E-state index is 0.512. The molecule has 1 aromatic heterocycles. The molecule has 1 aromatic carbocycles. The molecule has 3 heteroatoms. The van der Waals surface area contributed by atoms with Gasteiger partial charge in [-0.1, -0.05) is 31.2 Å². The largest absolute Gasteiger partial charge is 0.313 e. The molecule has 1 aliphatic carbocycles. The molecule has 3 rings (SSSR count). The summed E-state index contributed by atoms with van der Waals surface area (Å²) in [6.45, 7) is 3.33. The molecule has 0 bridgehead atoms. The van der Waals surface area contributed by atoms with Crippen LogP contribution >= 0.6 is 11.3 Å². The summed E-state index contributed by atoms with van der Waals surface area (Å²) in [5.41, 5.74) is 3.12. The normalized spacial score (nSPS) is 19.2. The molecule has 0 spiro atoms. The van der Waals surface area contributed by atoms with E-state index in [0.29, 0.717) is 12.0 Å². The Hall–Kier alpha value is -1.19. The van der Waals surface area contributed by atoms with Crippen molar-refractivity contribution in [3.05, 3.63) is 52.0 Å². The average molecular weight is 300 g/mol. The first-order valence-electron chi connectivity index (χ1n) is 8.08. The summed E-state index contributed by atoms with van der Waals surface area (Å²) in [7, 11) is 0. The van der Waals surface area contributed by atoms with Crippen LogP contribution < -0.4 is 5.32 Å². The monoisotopic (exact) mass is 300 g/mol. The number of nitrogens with zero attached hydrogens (tertiary/aromatic N) is 1. The number of nitrogens with one attached hydrogen (secondary N) is 1. The van der Waals surface area contributed by atoms with Crippen LogP contribution in [0.25, 0.3) is 0 Å². The lowest BCUT2D eigenvalue weighted by Gasteiger charge is -2.33. The maximum absolute atomic E-state index is 4.49. The quantitative estimate of drug-likeness (QED) is 0.866. The molecule has 1 N–H and O–H groups in total. The maximum atomic E-state index is 4.49. The standard InChI is InChI=1S/C18H24N2S/c1-2-10-19-17(13-18-20-11-12-21-18)16-9-5-7-14-6-3-4-8-15(14)16/h3-4,6,8,11-12,16-17,19H,2,5,7,9-10,13H2,1H3. The second-order valence-electron chi connectivity index (χ2n) is 5.89. The third kappa shape index (κ3) is 3.53. The Labute approximate surface area is 131 Å². The molecule has 0 saturated carbocycles. The first-order valence-corrected chi connectivity index (χ1v) is 8.96. The van der Waals surface area contributed by atoms with Gasteiger partial charge in [0.2, 0.25) is 0 Å². The molecular weight excluding hydrogens is 276 g/mol. The average Bonchev–Trinajstić information content (AvgIpc) is 3.04. The summed E-state index contributed by atoms with van der Waals surface area (Å²) >= 11 is 1.78. The Balaban J connectivity index is 1.82. The van der Waals surface area contributed by atoms with Gasteiger partial charge < -0.3 is 5.32 Å². The molecule has 21 heavy (non-hydrogen) atoms. The zero-order valence-electron chi connectivity index (χ0n) is 12.7. The van der Waals surface area contributed by atoms with E-state index in [0.717, 1.165) is 13.0 Å². The zero-order valence-corrected chi connectivity index (χ0v) is 13.5. The van der Waals surface area contributed by atoms with Crippen LogP contribution in [0.3, 0.4) is 0 Å². The summed E-state index contributed by atoms with van der Waals surface area (Å²) < 4.78 is 0. The van der Waals surface area contributed by atoms with Crippen molar-refractivity contribution in [1.82, 2.24) is 10.3 Å². The van der Waals surface area contributed by atoms with Gasteiger partial charge >= 0.3 is 0 Å². The zero-order chi connectivity index (χ0) is 14.5. The fraction of sp³-hybridized carbons (Fsp3) is 0.500. The van der Waals surface area contributed by atoms with Gasteiger partial charge in [-0.25, -0.2) is 4.98 Å². The third-order valence-electron chi connectivity index (χ3n) is 4.44. The molecule has 2 unspecified atom stereocenters. The molecular formula is C18H24N2S. The van der Waals surface area contributed by atoms with Gasteiger partial charge in [-0.3, -0.25) is 0 Å². The van der Waals surface area contributed by atoms with E-state index in [9.17, 15) is 0 Å². The number of hydrogen-bond donors (Lipinski definition) is 1. The predicted molar refractivity (Wildman–Crippen MR) is 90.0 cm³/mol. The lowest BCUT2D eigenvalue weighted by Crippen LogP contribution is -2.38. The van der Waals surface area contributed by atoms with Gasteiger partial charge in [0, 0.05) is 24.0 Å². The second-order valence-corrected chi connectivity index (χ2v) is 6.87. The van der Waals surface area contributed by atoms with Crippen molar-refractivity contribution in [2.45, 2.75) is 51.0 Å². The smallest absolute Gasteiger partial charge is 0.0940 e. The van der Waals surface area contributed by atoms with Gasteiger partial charge in [-0.15, -0.1) is 11.3 Å². The first kappa shape index (κ1) is 14.7. The van der Waals surface area contributed by atoms with Crippen LogP contribution in [-0.2, 0) is 12.8 Å². The number of hydrogen-bond acceptors (Lipinski definition) is 3. The molecule has 0 aliphatic heterocycles. The molecule has 112 valence electrons. The SMILES string of the molecule is CCCNC(Cc1nccs1)C1CCCc2ccccc21. The van der Waals surface area contributed by atoms with Gasteiger partial charge in [0.05, 0.1) is 5.01 Å². The van der Waals surface area contributed by atoms with E-state index in [1.807, 2.05) is 6.20 Å². The molecule has 0 amide bonds. The number of benzene rings is 1. The van der Waals surface area contributed by atoms with E-state index in [4.69, 9.17) is 0 Å². The molecule has 1 aliphatic rings. The Morgan fingerprint density at radius 3 is 3.10 bits per heavy atom. The molecule has 1 heterocycles. The van der Waals surface area contributed by atoms with E-state index in [1.165, 1.54) is 30.7 Å². The van der Waals surface area contributed by atoms with E-state index in [2.05, 4.69) is 46.9 Å². The number of thiazole rings is 1.